The first-order valence-electron chi connectivity index (χ1n) is 12.2. The molecule has 0 aliphatic carbocycles. The third-order valence-corrected chi connectivity index (χ3v) is 7.09. The number of pyridine rings is 2. The molecular formula is C25H29FN8O3. The molecule has 37 heavy (non-hydrogen) atoms. The van der Waals surface area contributed by atoms with Gasteiger partial charge in [-0.2, -0.15) is 0 Å². The molecule has 11 nitrogen and oxygen atoms in total. The lowest BCUT2D eigenvalue weighted by Gasteiger charge is -2.24. The van der Waals surface area contributed by atoms with Crippen molar-refractivity contribution in [3.05, 3.63) is 46.9 Å². The number of rotatable bonds is 7. The van der Waals surface area contributed by atoms with Crippen LogP contribution in [-0.4, -0.2) is 73.6 Å². The van der Waals surface area contributed by atoms with E-state index in [0.29, 0.717) is 52.8 Å². The minimum absolute atomic E-state index is 0.0442. The van der Waals surface area contributed by atoms with Gasteiger partial charge >= 0.3 is 6.09 Å². The van der Waals surface area contributed by atoms with Crippen molar-refractivity contribution >= 4 is 23.6 Å². The summed E-state index contributed by atoms with van der Waals surface area (Å²) in [6, 6.07) is 6.85. The summed E-state index contributed by atoms with van der Waals surface area (Å²) in [6.45, 7) is 3.76. The summed E-state index contributed by atoms with van der Waals surface area (Å²) in [5, 5.41) is 17.9. The first kappa shape index (κ1) is 24.6. The van der Waals surface area contributed by atoms with Crippen LogP contribution in [0.5, 0.6) is 0 Å². The summed E-state index contributed by atoms with van der Waals surface area (Å²) in [5.74, 6) is 1.98. The normalized spacial score (nSPS) is 16.3. The van der Waals surface area contributed by atoms with Crippen molar-refractivity contribution in [3.8, 4) is 11.5 Å². The zero-order valence-corrected chi connectivity index (χ0v) is 21.2. The van der Waals surface area contributed by atoms with Crippen LogP contribution in [0.4, 0.5) is 20.8 Å². The number of aromatic nitrogens is 5. The Bertz CT molecular complexity index is 1370. The first-order chi connectivity index (χ1) is 17.7. The SMILES string of the molecule is CC(C)N(C)c1cc2c(c(CN(C)C(=O)O)n1)CN(c1cccc(-c3nnc4n3[C@H](CF)CC4)n1)C2=O. The zero-order valence-electron chi connectivity index (χ0n) is 21.2. The summed E-state index contributed by atoms with van der Waals surface area (Å²) in [7, 11) is 3.35. The van der Waals surface area contributed by atoms with E-state index in [1.165, 1.54) is 7.05 Å². The average Bonchev–Trinajstić information content (AvgIpc) is 3.57. The number of hydrogen-bond acceptors (Lipinski definition) is 7. The molecule has 0 bridgehead atoms. The van der Waals surface area contributed by atoms with Gasteiger partial charge in [-0.15, -0.1) is 10.2 Å². The quantitative estimate of drug-likeness (QED) is 0.516. The molecule has 3 aromatic heterocycles. The number of halogens is 1. The van der Waals surface area contributed by atoms with Crippen molar-refractivity contribution in [1.29, 1.82) is 0 Å². The molecule has 194 valence electrons. The highest BCUT2D eigenvalue weighted by Crippen LogP contribution is 2.34. The molecule has 3 aromatic rings. The Balaban J connectivity index is 1.52. The Morgan fingerprint density at radius 3 is 2.73 bits per heavy atom. The van der Waals surface area contributed by atoms with Crippen LogP contribution in [0, 0.1) is 0 Å². The molecule has 5 heterocycles. The monoisotopic (exact) mass is 508 g/mol. The molecule has 12 heteroatoms. The van der Waals surface area contributed by atoms with Gasteiger partial charge < -0.3 is 19.5 Å². The predicted molar refractivity (Wildman–Crippen MR) is 134 cm³/mol. The van der Waals surface area contributed by atoms with E-state index in [1.54, 1.807) is 33.7 Å². The second-order valence-corrected chi connectivity index (χ2v) is 9.73. The van der Waals surface area contributed by atoms with Gasteiger partial charge in [0, 0.05) is 32.1 Å². The molecule has 0 fully saturated rings. The largest absolute Gasteiger partial charge is 0.465 e. The predicted octanol–water partition coefficient (Wildman–Crippen LogP) is 3.31. The lowest BCUT2D eigenvalue weighted by Crippen LogP contribution is -2.29. The molecule has 0 aromatic carbocycles. The fourth-order valence-corrected chi connectivity index (χ4v) is 4.73. The number of hydrogen-bond donors (Lipinski definition) is 1. The number of anilines is 2. The highest BCUT2D eigenvalue weighted by atomic mass is 19.1. The fraction of sp³-hybridized carbons (Fsp3) is 0.440. The van der Waals surface area contributed by atoms with Crippen molar-refractivity contribution in [2.75, 3.05) is 30.6 Å². The van der Waals surface area contributed by atoms with Gasteiger partial charge in [-0.05, 0) is 38.5 Å². The van der Waals surface area contributed by atoms with Crippen LogP contribution in [0.3, 0.4) is 0 Å². The Kier molecular flexibility index (Phi) is 6.26. The number of fused-ring (bicyclic) bond motifs is 2. The molecule has 2 aliphatic heterocycles. The van der Waals surface area contributed by atoms with Gasteiger partial charge in [0.2, 0.25) is 0 Å². The Hall–Kier alpha value is -4.09. The number of carbonyl (C=O) groups excluding carboxylic acids is 1. The maximum absolute atomic E-state index is 13.6. The van der Waals surface area contributed by atoms with Crippen LogP contribution < -0.4 is 9.80 Å². The number of amides is 2. The van der Waals surface area contributed by atoms with Crippen molar-refractivity contribution in [1.82, 2.24) is 29.6 Å². The number of aryl methyl sites for hydroxylation is 1. The number of carbonyl (C=O) groups is 2. The topological polar surface area (TPSA) is 121 Å². The molecule has 0 saturated carbocycles. The van der Waals surface area contributed by atoms with Gasteiger partial charge in [0.05, 0.1) is 30.4 Å². The van der Waals surface area contributed by atoms with E-state index < -0.39 is 12.8 Å². The Labute approximate surface area is 213 Å². The zero-order chi connectivity index (χ0) is 26.4. The first-order valence-corrected chi connectivity index (χ1v) is 12.2. The summed E-state index contributed by atoms with van der Waals surface area (Å²) in [6.07, 6.45) is 0.248. The molecule has 1 N–H and O–H groups in total. The third kappa shape index (κ3) is 4.25. The summed E-state index contributed by atoms with van der Waals surface area (Å²) in [5.41, 5.74) is 2.17. The van der Waals surface area contributed by atoms with E-state index in [1.807, 2.05) is 25.8 Å². The summed E-state index contributed by atoms with van der Waals surface area (Å²) < 4.78 is 15.4. The number of nitrogens with zero attached hydrogens (tertiary/aromatic N) is 8. The van der Waals surface area contributed by atoms with Crippen LogP contribution in [-0.2, 0) is 19.5 Å². The fourth-order valence-electron chi connectivity index (χ4n) is 4.73. The van der Waals surface area contributed by atoms with E-state index in [4.69, 9.17) is 9.97 Å². The molecule has 0 unspecified atom stereocenters. The summed E-state index contributed by atoms with van der Waals surface area (Å²) >= 11 is 0. The van der Waals surface area contributed by atoms with Crippen molar-refractivity contribution < 1.29 is 19.1 Å². The van der Waals surface area contributed by atoms with Crippen molar-refractivity contribution in [3.63, 3.8) is 0 Å². The van der Waals surface area contributed by atoms with Crippen LogP contribution >= 0.6 is 0 Å². The highest BCUT2D eigenvalue weighted by Gasteiger charge is 2.34. The molecule has 0 saturated heterocycles. The van der Waals surface area contributed by atoms with Crippen LogP contribution in [0.15, 0.2) is 24.3 Å². The van der Waals surface area contributed by atoms with E-state index in [2.05, 4.69) is 10.2 Å². The maximum Gasteiger partial charge on any atom is 0.407 e. The average molecular weight is 509 g/mol. The van der Waals surface area contributed by atoms with Gasteiger partial charge in [-0.25, -0.2) is 19.2 Å². The van der Waals surface area contributed by atoms with Gasteiger partial charge in [0.25, 0.3) is 5.91 Å². The molecule has 2 aliphatic rings. The van der Waals surface area contributed by atoms with Crippen LogP contribution in [0.2, 0.25) is 0 Å². The van der Waals surface area contributed by atoms with Gasteiger partial charge in [-0.3, -0.25) is 9.69 Å². The standard InChI is InChI=1S/C25H29FN8O3/c1-14(2)32(4)22-10-16-17(19(28-22)13-31(3)25(36)37)12-33(24(16)35)20-7-5-6-18(27-20)23-30-29-21-9-8-15(11-26)34(21)23/h5-7,10,14-15H,8-9,11-13H2,1-4H3,(H,36,37)/t15-/m0/s1. The molecule has 0 spiro atoms. The molecule has 0 radical (unpaired) electrons. The summed E-state index contributed by atoms with van der Waals surface area (Å²) in [4.78, 5) is 39.2. The molecule has 1 atom stereocenters. The second-order valence-electron chi connectivity index (χ2n) is 9.73. The Morgan fingerprint density at radius 2 is 2.03 bits per heavy atom. The minimum Gasteiger partial charge on any atom is -0.465 e. The van der Waals surface area contributed by atoms with Crippen LogP contribution in [0.1, 0.15) is 53.7 Å². The van der Waals surface area contributed by atoms with E-state index >= 15 is 0 Å². The van der Waals surface area contributed by atoms with Crippen LogP contribution in [0.25, 0.3) is 11.5 Å². The van der Waals surface area contributed by atoms with Crippen molar-refractivity contribution in [2.45, 2.75) is 51.9 Å². The van der Waals surface area contributed by atoms with E-state index in [9.17, 15) is 19.1 Å². The van der Waals surface area contributed by atoms with Gasteiger partial charge in [0.15, 0.2) is 5.82 Å². The second kappa shape index (κ2) is 9.41. The van der Waals surface area contributed by atoms with Gasteiger partial charge in [-0.1, -0.05) is 6.07 Å². The minimum atomic E-state index is -1.08. The molecular weight excluding hydrogens is 479 g/mol. The lowest BCUT2D eigenvalue weighted by molar-refractivity contribution is 0.0996. The molecule has 2 amide bonds. The van der Waals surface area contributed by atoms with E-state index in [0.717, 1.165) is 10.7 Å². The van der Waals surface area contributed by atoms with E-state index in [-0.39, 0.29) is 31.1 Å². The maximum atomic E-state index is 13.6. The number of alkyl halides is 1. The lowest BCUT2D eigenvalue weighted by atomic mass is 10.1. The number of carboxylic acid groups (broad SMARTS) is 1. The van der Waals surface area contributed by atoms with Gasteiger partial charge in [0.1, 0.15) is 29.8 Å². The Morgan fingerprint density at radius 1 is 1.24 bits per heavy atom. The van der Waals surface area contributed by atoms with Crippen molar-refractivity contribution in [2.24, 2.45) is 0 Å². The highest BCUT2D eigenvalue weighted by molar-refractivity contribution is 6.10. The third-order valence-electron chi connectivity index (χ3n) is 7.09. The molecule has 5 rings (SSSR count). The smallest absolute Gasteiger partial charge is 0.407 e.